The molecule has 0 atom stereocenters. The van der Waals surface area contributed by atoms with Crippen LogP contribution in [0.15, 0.2) is 54.6 Å². The number of halogens is 1. The van der Waals surface area contributed by atoms with E-state index in [9.17, 15) is 4.79 Å². The molecule has 1 amide bonds. The molecule has 0 unspecified atom stereocenters. The highest BCUT2D eigenvalue weighted by Crippen LogP contribution is 2.21. The molecule has 1 heterocycles. The molecule has 146 valence electrons. The Morgan fingerprint density at radius 1 is 1.11 bits per heavy atom. The molecule has 0 bridgehead atoms. The van der Waals surface area contributed by atoms with Crippen molar-refractivity contribution >= 4 is 34.2 Å². The lowest BCUT2D eigenvalue weighted by atomic mass is 10.1. The second kappa shape index (κ2) is 10.2. The summed E-state index contributed by atoms with van der Waals surface area (Å²) >= 11 is 7.27. The van der Waals surface area contributed by atoms with E-state index in [1.54, 1.807) is 0 Å². The summed E-state index contributed by atoms with van der Waals surface area (Å²) < 4.78 is 4.49. The van der Waals surface area contributed by atoms with Gasteiger partial charge in [-0.2, -0.15) is 4.37 Å². The number of nitrogens with zero attached hydrogens (tertiary/aromatic N) is 3. The molecule has 0 aliphatic heterocycles. The Bertz CT molecular complexity index is 883. The quantitative estimate of drug-likeness (QED) is 0.566. The SMILES string of the molecule is CCCNC(=O)CN(Cc1ccccc1)c1nc(Cc2ccc(Cl)cc2)ns1. The summed E-state index contributed by atoms with van der Waals surface area (Å²) in [5.74, 6) is 0.738. The van der Waals surface area contributed by atoms with Gasteiger partial charge in [-0.3, -0.25) is 4.79 Å². The van der Waals surface area contributed by atoms with Crippen molar-refractivity contribution in [1.82, 2.24) is 14.7 Å². The smallest absolute Gasteiger partial charge is 0.239 e. The van der Waals surface area contributed by atoms with E-state index < -0.39 is 0 Å². The molecule has 7 heteroatoms. The minimum absolute atomic E-state index is 0.00719. The first-order valence-electron chi connectivity index (χ1n) is 9.26. The maximum atomic E-state index is 12.3. The molecule has 0 saturated heterocycles. The molecule has 28 heavy (non-hydrogen) atoms. The number of amides is 1. The minimum atomic E-state index is -0.00719. The van der Waals surface area contributed by atoms with Crippen LogP contribution in [0.25, 0.3) is 0 Å². The Labute approximate surface area is 174 Å². The van der Waals surface area contributed by atoms with E-state index in [0.29, 0.717) is 24.5 Å². The monoisotopic (exact) mass is 414 g/mol. The van der Waals surface area contributed by atoms with Crippen LogP contribution in [0.4, 0.5) is 5.13 Å². The number of aromatic nitrogens is 2. The Hall–Kier alpha value is -2.44. The maximum absolute atomic E-state index is 12.3. The van der Waals surface area contributed by atoms with E-state index in [1.165, 1.54) is 11.5 Å². The number of hydrogen-bond acceptors (Lipinski definition) is 5. The van der Waals surface area contributed by atoms with Crippen molar-refractivity contribution in [2.45, 2.75) is 26.3 Å². The molecular formula is C21H23ClN4OS. The molecule has 0 radical (unpaired) electrons. The second-order valence-corrected chi connectivity index (χ2v) is 7.65. The summed E-state index contributed by atoms with van der Waals surface area (Å²) in [5.41, 5.74) is 2.23. The zero-order valence-corrected chi connectivity index (χ0v) is 17.3. The Kier molecular flexibility index (Phi) is 7.39. The molecule has 0 aliphatic carbocycles. The van der Waals surface area contributed by atoms with Crippen LogP contribution in [-0.2, 0) is 17.8 Å². The van der Waals surface area contributed by atoms with E-state index in [-0.39, 0.29) is 12.5 Å². The van der Waals surface area contributed by atoms with Gasteiger partial charge in [-0.1, -0.05) is 61.0 Å². The Morgan fingerprint density at radius 3 is 2.57 bits per heavy atom. The highest BCUT2D eigenvalue weighted by atomic mass is 35.5. The zero-order chi connectivity index (χ0) is 19.8. The fourth-order valence-electron chi connectivity index (χ4n) is 2.72. The Morgan fingerprint density at radius 2 is 1.86 bits per heavy atom. The number of rotatable bonds is 9. The number of benzene rings is 2. The molecule has 5 nitrogen and oxygen atoms in total. The number of carbonyl (C=O) groups excluding carboxylic acids is 1. The molecule has 1 aromatic heterocycles. The summed E-state index contributed by atoms with van der Waals surface area (Å²) in [6, 6.07) is 17.8. The predicted octanol–water partition coefficient (Wildman–Crippen LogP) is 4.32. The van der Waals surface area contributed by atoms with E-state index in [1.807, 2.05) is 66.4 Å². The third-order valence-corrected chi connectivity index (χ3v) is 5.19. The van der Waals surface area contributed by atoms with Gasteiger partial charge in [0.05, 0.1) is 6.54 Å². The van der Waals surface area contributed by atoms with Crippen molar-refractivity contribution in [1.29, 1.82) is 0 Å². The molecule has 1 N–H and O–H groups in total. The van der Waals surface area contributed by atoms with Crippen LogP contribution >= 0.6 is 23.1 Å². The van der Waals surface area contributed by atoms with Gasteiger partial charge in [-0.05, 0) is 29.7 Å². The van der Waals surface area contributed by atoms with Crippen molar-refractivity contribution in [2.24, 2.45) is 0 Å². The summed E-state index contributed by atoms with van der Waals surface area (Å²) in [7, 11) is 0. The van der Waals surface area contributed by atoms with E-state index >= 15 is 0 Å². The van der Waals surface area contributed by atoms with Crippen LogP contribution in [-0.4, -0.2) is 28.4 Å². The number of anilines is 1. The molecule has 0 aliphatic rings. The molecule has 3 rings (SSSR count). The van der Waals surface area contributed by atoms with Crippen molar-refractivity contribution in [3.8, 4) is 0 Å². The average molecular weight is 415 g/mol. The van der Waals surface area contributed by atoms with Gasteiger partial charge in [0, 0.05) is 36.1 Å². The first kappa shape index (κ1) is 20.3. The van der Waals surface area contributed by atoms with Gasteiger partial charge in [0.25, 0.3) is 0 Å². The summed E-state index contributed by atoms with van der Waals surface area (Å²) in [6.45, 7) is 3.58. The maximum Gasteiger partial charge on any atom is 0.239 e. The van der Waals surface area contributed by atoms with E-state index in [0.717, 1.165) is 28.5 Å². The van der Waals surface area contributed by atoms with Gasteiger partial charge in [-0.15, -0.1) is 0 Å². The number of nitrogens with one attached hydrogen (secondary N) is 1. The van der Waals surface area contributed by atoms with Crippen molar-refractivity contribution < 1.29 is 4.79 Å². The fraction of sp³-hybridized carbons (Fsp3) is 0.286. The van der Waals surface area contributed by atoms with Gasteiger partial charge < -0.3 is 10.2 Å². The van der Waals surface area contributed by atoms with Crippen molar-refractivity contribution in [2.75, 3.05) is 18.0 Å². The predicted molar refractivity (Wildman–Crippen MR) is 115 cm³/mol. The van der Waals surface area contributed by atoms with Crippen LogP contribution in [0, 0.1) is 0 Å². The number of hydrogen-bond donors (Lipinski definition) is 1. The third kappa shape index (κ3) is 6.04. The highest BCUT2D eigenvalue weighted by molar-refractivity contribution is 7.09. The first-order valence-corrected chi connectivity index (χ1v) is 10.4. The largest absolute Gasteiger partial charge is 0.355 e. The lowest BCUT2D eigenvalue weighted by Crippen LogP contribution is -2.37. The molecular weight excluding hydrogens is 392 g/mol. The highest BCUT2D eigenvalue weighted by Gasteiger charge is 2.17. The van der Waals surface area contributed by atoms with Crippen molar-refractivity contribution in [3.63, 3.8) is 0 Å². The third-order valence-electron chi connectivity index (χ3n) is 4.13. The molecule has 0 spiro atoms. The van der Waals surface area contributed by atoms with Crippen LogP contribution < -0.4 is 10.2 Å². The van der Waals surface area contributed by atoms with Crippen LogP contribution in [0.2, 0.25) is 5.02 Å². The number of carbonyl (C=O) groups is 1. The standard InChI is InChI=1S/C21H23ClN4OS/c1-2-12-23-20(27)15-26(14-17-6-4-3-5-7-17)21-24-19(25-28-21)13-16-8-10-18(22)11-9-16/h3-11H,2,12-15H2,1H3,(H,23,27). The van der Waals surface area contributed by atoms with Gasteiger partial charge in [-0.25, -0.2) is 4.98 Å². The fourth-order valence-corrected chi connectivity index (χ4v) is 3.53. The van der Waals surface area contributed by atoms with Crippen LogP contribution in [0.5, 0.6) is 0 Å². The second-order valence-electron chi connectivity index (χ2n) is 6.49. The van der Waals surface area contributed by atoms with Gasteiger partial charge in [0.1, 0.15) is 5.82 Å². The minimum Gasteiger partial charge on any atom is -0.355 e. The van der Waals surface area contributed by atoms with Crippen molar-refractivity contribution in [3.05, 3.63) is 76.6 Å². The average Bonchev–Trinajstić information content (AvgIpc) is 3.17. The lowest BCUT2D eigenvalue weighted by Gasteiger charge is -2.21. The van der Waals surface area contributed by atoms with Gasteiger partial charge in [0.15, 0.2) is 0 Å². The lowest BCUT2D eigenvalue weighted by molar-refractivity contribution is -0.119. The van der Waals surface area contributed by atoms with Crippen LogP contribution in [0.1, 0.15) is 30.3 Å². The molecule has 0 saturated carbocycles. The first-order chi connectivity index (χ1) is 13.6. The Balaban J connectivity index is 1.74. The summed E-state index contributed by atoms with van der Waals surface area (Å²) in [6.07, 6.45) is 1.54. The van der Waals surface area contributed by atoms with Gasteiger partial charge in [0.2, 0.25) is 11.0 Å². The van der Waals surface area contributed by atoms with E-state index in [2.05, 4.69) is 14.7 Å². The van der Waals surface area contributed by atoms with Crippen LogP contribution in [0.3, 0.4) is 0 Å². The summed E-state index contributed by atoms with van der Waals surface area (Å²) in [5, 5.41) is 4.39. The molecule has 0 fully saturated rings. The van der Waals surface area contributed by atoms with E-state index in [4.69, 9.17) is 11.6 Å². The molecule has 2 aromatic carbocycles. The topological polar surface area (TPSA) is 58.1 Å². The summed E-state index contributed by atoms with van der Waals surface area (Å²) in [4.78, 5) is 19.0. The van der Waals surface area contributed by atoms with Gasteiger partial charge >= 0.3 is 0 Å². The molecule has 3 aromatic rings. The normalized spacial score (nSPS) is 10.6. The zero-order valence-electron chi connectivity index (χ0n) is 15.8.